The molecule has 2 rings (SSSR count). The van der Waals surface area contributed by atoms with E-state index in [2.05, 4.69) is 42.7 Å². The van der Waals surface area contributed by atoms with Crippen LogP contribution < -0.4 is 20.3 Å². The fourth-order valence-electron chi connectivity index (χ4n) is 2.44. The van der Waals surface area contributed by atoms with Gasteiger partial charge in [-0.15, -0.1) is 0 Å². The predicted molar refractivity (Wildman–Crippen MR) is 114 cm³/mol. The number of hydrogen-bond acceptors (Lipinski definition) is 4. The zero-order valence-corrected chi connectivity index (χ0v) is 19.2. The van der Waals surface area contributed by atoms with Crippen molar-refractivity contribution in [3.8, 4) is 11.5 Å². The van der Waals surface area contributed by atoms with Crippen molar-refractivity contribution in [1.29, 1.82) is 0 Å². The Kier molecular flexibility index (Phi) is 7.88. The van der Waals surface area contributed by atoms with Gasteiger partial charge < -0.3 is 9.47 Å². The Labute approximate surface area is 181 Å². The van der Waals surface area contributed by atoms with E-state index in [0.29, 0.717) is 11.5 Å². The number of carbonyl (C=O) groups is 2. The maximum atomic E-state index is 12.2. The van der Waals surface area contributed by atoms with Crippen molar-refractivity contribution in [3.63, 3.8) is 0 Å². The summed E-state index contributed by atoms with van der Waals surface area (Å²) in [5.41, 5.74) is 7.49. The van der Waals surface area contributed by atoms with Crippen LogP contribution in [0, 0.1) is 20.8 Å². The van der Waals surface area contributed by atoms with E-state index in [4.69, 9.17) is 9.47 Å². The molecule has 6 nitrogen and oxygen atoms in total. The Hall–Kier alpha value is -2.06. The number of carbonyl (C=O) groups excluding carboxylic acids is 2. The first-order chi connectivity index (χ1) is 13.2. The first-order valence-corrected chi connectivity index (χ1v) is 10.2. The van der Waals surface area contributed by atoms with Crippen LogP contribution in [-0.4, -0.2) is 24.5 Å². The van der Waals surface area contributed by atoms with Crippen LogP contribution >= 0.6 is 31.9 Å². The van der Waals surface area contributed by atoms with Crippen LogP contribution in [0.2, 0.25) is 0 Å². The molecule has 1 unspecified atom stereocenters. The fraction of sp³-hybridized carbons (Fsp3) is 0.300. The number of ether oxygens (including phenoxy) is 2. The molecule has 2 aromatic rings. The first kappa shape index (κ1) is 22.2. The van der Waals surface area contributed by atoms with E-state index in [-0.39, 0.29) is 6.61 Å². The molecule has 28 heavy (non-hydrogen) atoms. The van der Waals surface area contributed by atoms with Gasteiger partial charge in [-0.3, -0.25) is 20.4 Å². The Balaban J connectivity index is 1.82. The van der Waals surface area contributed by atoms with Gasteiger partial charge in [0.25, 0.3) is 11.8 Å². The Bertz CT molecular complexity index is 863. The summed E-state index contributed by atoms with van der Waals surface area (Å²) in [5.74, 6) is 0.276. The van der Waals surface area contributed by atoms with Crippen LogP contribution in [-0.2, 0) is 9.59 Å². The second kappa shape index (κ2) is 9.93. The summed E-state index contributed by atoms with van der Waals surface area (Å²) < 4.78 is 13.1. The van der Waals surface area contributed by atoms with Crippen molar-refractivity contribution in [3.05, 3.63) is 56.0 Å². The smallest absolute Gasteiger partial charge is 0.279 e. The highest BCUT2D eigenvalue weighted by Gasteiger charge is 2.18. The number of nitrogens with one attached hydrogen (secondary N) is 2. The van der Waals surface area contributed by atoms with Crippen LogP contribution in [0.5, 0.6) is 11.5 Å². The van der Waals surface area contributed by atoms with Gasteiger partial charge in [-0.1, -0.05) is 31.9 Å². The highest BCUT2D eigenvalue weighted by Crippen LogP contribution is 2.28. The van der Waals surface area contributed by atoms with Crippen LogP contribution in [0.1, 0.15) is 23.6 Å². The topological polar surface area (TPSA) is 76.7 Å². The minimum Gasteiger partial charge on any atom is -0.484 e. The van der Waals surface area contributed by atoms with Gasteiger partial charge in [0.05, 0.1) is 0 Å². The summed E-state index contributed by atoms with van der Waals surface area (Å²) in [6, 6.07) is 9.23. The van der Waals surface area contributed by atoms with Gasteiger partial charge in [0, 0.05) is 8.95 Å². The maximum absolute atomic E-state index is 12.2. The number of rotatable bonds is 6. The molecule has 150 valence electrons. The summed E-state index contributed by atoms with van der Waals surface area (Å²) in [6.45, 7) is 7.12. The Morgan fingerprint density at radius 1 is 1.00 bits per heavy atom. The summed E-state index contributed by atoms with van der Waals surface area (Å²) in [5, 5.41) is 0. The number of aryl methyl sites for hydroxylation is 3. The second-order valence-corrected chi connectivity index (χ2v) is 8.14. The van der Waals surface area contributed by atoms with E-state index in [9.17, 15) is 9.59 Å². The molecule has 0 spiro atoms. The van der Waals surface area contributed by atoms with Crippen molar-refractivity contribution < 1.29 is 19.1 Å². The zero-order valence-electron chi connectivity index (χ0n) is 16.1. The van der Waals surface area contributed by atoms with E-state index in [0.717, 1.165) is 25.6 Å². The third kappa shape index (κ3) is 6.24. The molecule has 2 aromatic carbocycles. The average molecular weight is 514 g/mol. The molecule has 2 N–H and O–H groups in total. The highest BCUT2D eigenvalue weighted by molar-refractivity contribution is 9.10. The molecule has 0 aliphatic rings. The van der Waals surface area contributed by atoms with Crippen LogP contribution in [0.25, 0.3) is 0 Å². The molecule has 0 fully saturated rings. The van der Waals surface area contributed by atoms with E-state index in [1.807, 2.05) is 45.0 Å². The molecule has 0 aliphatic carbocycles. The molecule has 0 heterocycles. The maximum Gasteiger partial charge on any atom is 0.279 e. The molecule has 0 bridgehead atoms. The molecular formula is C20H22Br2N2O4. The van der Waals surface area contributed by atoms with Crippen molar-refractivity contribution in [2.75, 3.05) is 6.61 Å². The molecule has 1 atom stereocenters. The molecule has 0 saturated heterocycles. The van der Waals surface area contributed by atoms with Gasteiger partial charge in [-0.2, -0.15) is 0 Å². The quantitative estimate of drug-likeness (QED) is 0.569. The van der Waals surface area contributed by atoms with Crippen molar-refractivity contribution in [2.45, 2.75) is 33.8 Å². The molecular weight excluding hydrogens is 492 g/mol. The minimum absolute atomic E-state index is 0.221. The lowest BCUT2D eigenvalue weighted by Gasteiger charge is -2.18. The van der Waals surface area contributed by atoms with E-state index >= 15 is 0 Å². The van der Waals surface area contributed by atoms with Crippen molar-refractivity contribution >= 4 is 43.7 Å². The number of amides is 2. The normalized spacial score (nSPS) is 11.5. The standard InChI is InChI=1S/C20H22Br2N2O4/c1-11-9-16(5-6-17(11)22)27-10-18(25)23-24-20(26)14(4)28-19-12(2)7-15(21)8-13(19)3/h5-9,14H,10H2,1-4H3,(H,23,25)(H,24,26). The zero-order chi connectivity index (χ0) is 20.8. The lowest BCUT2D eigenvalue weighted by Crippen LogP contribution is -2.48. The molecule has 0 radical (unpaired) electrons. The van der Waals surface area contributed by atoms with Crippen molar-refractivity contribution in [2.24, 2.45) is 0 Å². The Morgan fingerprint density at radius 2 is 1.64 bits per heavy atom. The molecule has 0 aromatic heterocycles. The fourth-order valence-corrected chi connectivity index (χ4v) is 3.37. The van der Waals surface area contributed by atoms with Crippen LogP contribution in [0.4, 0.5) is 0 Å². The average Bonchev–Trinajstić information content (AvgIpc) is 2.63. The number of halogens is 2. The minimum atomic E-state index is -0.783. The van der Waals surface area contributed by atoms with Crippen LogP contribution in [0.15, 0.2) is 39.3 Å². The number of benzene rings is 2. The SMILES string of the molecule is Cc1cc(OCC(=O)NNC(=O)C(C)Oc2c(C)cc(Br)cc2C)ccc1Br. The largest absolute Gasteiger partial charge is 0.484 e. The summed E-state index contributed by atoms with van der Waals surface area (Å²) in [6.07, 6.45) is -0.783. The van der Waals surface area contributed by atoms with Gasteiger partial charge in [0.15, 0.2) is 12.7 Å². The predicted octanol–water partition coefficient (Wildman–Crippen LogP) is 4.13. The second-order valence-electron chi connectivity index (χ2n) is 6.37. The molecule has 0 aliphatic heterocycles. The Morgan fingerprint density at radius 3 is 2.25 bits per heavy atom. The highest BCUT2D eigenvalue weighted by atomic mass is 79.9. The van der Waals surface area contributed by atoms with Crippen molar-refractivity contribution in [1.82, 2.24) is 10.9 Å². The van der Waals surface area contributed by atoms with Gasteiger partial charge >= 0.3 is 0 Å². The summed E-state index contributed by atoms with van der Waals surface area (Å²) in [4.78, 5) is 24.1. The van der Waals surface area contributed by atoms with E-state index in [1.165, 1.54) is 0 Å². The number of hydrogen-bond donors (Lipinski definition) is 2. The van der Waals surface area contributed by atoms with Gasteiger partial charge in [-0.05, 0) is 74.7 Å². The molecule has 2 amide bonds. The van der Waals surface area contributed by atoms with Gasteiger partial charge in [0.2, 0.25) is 0 Å². The monoisotopic (exact) mass is 512 g/mol. The first-order valence-electron chi connectivity index (χ1n) is 8.58. The van der Waals surface area contributed by atoms with Crippen LogP contribution in [0.3, 0.4) is 0 Å². The summed E-state index contributed by atoms with van der Waals surface area (Å²) in [7, 11) is 0. The number of hydrazine groups is 1. The van der Waals surface area contributed by atoms with Gasteiger partial charge in [-0.25, -0.2) is 0 Å². The third-order valence-corrected chi connectivity index (χ3v) is 5.26. The summed E-state index contributed by atoms with van der Waals surface area (Å²) >= 11 is 6.83. The van der Waals surface area contributed by atoms with E-state index < -0.39 is 17.9 Å². The van der Waals surface area contributed by atoms with Gasteiger partial charge in [0.1, 0.15) is 11.5 Å². The molecule has 0 saturated carbocycles. The lowest BCUT2D eigenvalue weighted by atomic mass is 10.1. The van der Waals surface area contributed by atoms with E-state index in [1.54, 1.807) is 13.0 Å². The third-order valence-electron chi connectivity index (χ3n) is 3.91. The lowest BCUT2D eigenvalue weighted by molar-refractivity contribution is -0.133. The molecule has 8 heteroatoms.